The van der Waals surface area contributed by atoms with Crippen molar-refractivity contribution in [3.8, 4) is 12.3 Å². The fourth-order valence-electron chi connectivity index (χ4n) is 2.34. The van der Waals surface area contributed by atoms with Gasteiger partial charge in [-0.3, -0.25) is 15.0 Å². The molecule has 1 aliphatic rings. The Bertz CT molecular complexity index is 534. The van der Waals surface area contributed by atoms with Gasteiger partial charge in [0.2, 0.25) is 0 Å². The van der Waals surface area contributed by atoms with E-state index in [1.807, 2.05) is 0 Å². The Morgan fingerprint density at radius 3 is 2.80 bits per heavy atom. The van der Waals surface area contributed by atoms with Gasteiger partial charge in [0.25, 0.3) is 5.69 Å². The largest absolute Gasteiger partial charge is 0.382 e. The number of nitro benzene ring substituents is 1. The van der Waals surface area contributed by atoms with Crippen LogP contribution in [-0.2, 0) is 0 Å². The van der Waals surface area contributed by atoms with Crippen LogP contribution < -0.4 is 5.32 Å². The Balaban J connectivity index is 1.96. The van der Waals surface area contributed by atoms with Gasteiger partial charge < -0.3 is 5.32 Å². The summed E-state index contributed by atoms with van der Waals surface area (Å²) in [4.78, 5) is 12.6. The molecule has 1 saturated heterocycles. The molecule has 2 rings (SSSR count). The Hall–Kier alpha value is -1.77. The number of hydrogen-bond donors (Lipinski definition) is 1. The van der Waals surface area contributed by atoms with Gasteiger partial charge >= 0.3 is 0 Å². The van der Waals surface area contributed by atoms with E-state index in [0.29, 0.717) is 12.6 Å². The van der Waals surface area contributed by atoms with Crippen LogP contribution in [0.4, 0.5) is 11.4 Å². The molecule has 106 valence electrons. The van der Waals surface area contributed by atoms with E-state index in [0.717, 1.165) is 31.6 Å². The molecule has 6 heteroatoms. The van der Waals surface area contributed by atoms with Crippen LogP contribution in [0.25, 0.3) is 0 Å². The molecule has 20 heavy (non-hydrogen) atoms. The number of piperidine rings is 1. The van der Waals surface area contributed by atoms with Crippen LogP contribution in [0.15, 0.2) is 18.2 Å². The lowest BCUT2D eigenvalue weighted by molar-refractivity contribution is -0.384. The molecule has 1 heterocycles. The summed E-state index contributed by atoms with van der Waals surface area (Å²) in [7, 11) is 0. The van der Waals surface area contributed by atoms with Crippen LogP contribution in [0, 0.1) is 22.5 Å². The molecule has 0 saturated carbocycles. The van der Waals surface area contributed by atoms with Crippen molar-refractivity contribution in [3.63, 3.8) is 0 Å². The first-order valence-corrected chi connectivity index (χ1v) is 6.84. The van der Waals surface area contributed by atoms with Gasteiger partial charge in [-0.1, -0.05) is 17.5 Å². The van der Waals surface area contributed by atoms with Gasteiger partial charge in [-0.2, -0.15) is 0 Å². The lowest BCUT2D eigenvalue weighted by atomic mass is 10.0. The predicted molar refractivity (Wildman–Crippen MR) is 80.0 cm³/mol. The van der Waals surface area contributed by atoms with Gasteiger partial charge in [0.15, 0.2) is 0 Å². The normalized spacial score (nSPS) is 16.6. The molecule has 0 aliphatic carbocycles. The highest BCUT2D eigenvalue weighted by molar-refractivity contribution is 6.32. The molecule has 0 radical (unpaired) electrons. The van der Waals surface area contributed by atoms with Crippen LogP contribution in [-0.4, -0.2) is 35.5 Å². The number of rotatable bonds is 4. The number of terminal acetylenes is 1. The smallest absolute Gasteiger partial charge is 0.289 e. The van der Waals surface area contributed by atoms with Crippen LogP contribution in [0.2, 0.25) is 5.02 Å². The van der Waals surface area contributed by atoms with E-state index in [1.165, 1.54) is 6.07 Å². The minimum Gasteiger partial charge on any atom is -0.382 e. The van der Waals surface area contributed by atoms with Crippen molar-refractivity contribution < 1.29 is 4.92 Å². The average Bonchev–Trinajstić information content (AvgIpc) is 2.43. The van der Waals surface area contributed by atoms with E-state index in [4.69, 9.17) is 18.0 Å². The van der Waals surface area contributed by atoms with Crippen LogP contribution >= 0.6 is 11.6 Å². The molecule has 5 nitrogen and oxygen atoms in total. The van der Waals surface area contributed by atoms with Crippen molar-refractivity contribution in [2.45, 2.75) is 18.9 Å². The number of anilines is 1. The van der Waals surface area contributed by atoms with E-state index in [2.05, 4.69) is 16.1 Å². The maximum Gasteiger partial charge on any atom is 0.289 e. The van der Waals surface area contributed by atoms with E-state index in [1.54, 1.807) is 12.1 Å². The molecule has 1 N–H and O–H groups in total. The molecular formula is C14H16ClN3O2. The Morgan fingerprint density at radius 2 is 2.20 bits per heavy atom. The van der Waals surface area contributed by atoms with Gasteiger partial charge in [0.05, 0.1) is 11.5 Å². The van der Waals surface area contributed by atoms with Crippen molar-refractivity contribution in [1.82, 2.24) is 4.90 Å². The number of likely N-dealkylation sites (tertiary alicyclic amines) is 1. The average molecular weight is 294 g/mol. The zero-order valence-electron chi connectivity index (χ0n) is 11.0. The first-order chi connectivity index (χ1) is 9.60. The topological polar surface area (TPSA) is 58.4 Å². The van der Waals surface area contributed by atoms with Gasteiger partial charge in [-0.05, 0) is 25.0 Å². The molecular weight excluding hydrogens is 278 g/mol. The zero-order valence-corrected chi connectivity index (χ0v) is 11.8. The van der Waals surface area contributed by atoms with E-state index in [9.17, 15) is 10.1 Å². The number of halogens is 1. The molecule has 0 atom stereocenters. The molecule has 1 aliphatic heterocycles. The van der Waals surface area contributed by atoms with E-state index >= 15 is 0 Å². The summed E-state index contributed by atoms with van der Waals surface area (Å²) in [5.74, 6) is 2.64. The van der Waals surface area contributed by atoms with Crippen molar-refractivity contribution >= 4 is 23.0 Å². The predicted octanol–water partition coefficient (Wildman–Crippen LogP) is 2.76. The standard InChI is InChI=1S/C14H16ClN3O2/c1-2-7-17-8-5-11(6-9-17)16-12-3-4-13(15)14(10-12)18(19)20/h1,3-4,10-11,16H,5-9H2. The molecule has 0 unspecified atom stereocenters. The highest BCUT2D eigenvalue weighted by Gasteiger charge is 2.19. The SMILES string of the molecule is C#CCN1CCC(Nc2ccc(Cl)c([N+](=O)[O-])c2)CC1. The molecule has 0 aromatic heterocycles. The molecule has 1 aromatic rings. The third-order valence-corrected chi connectivity index (χ3v) is 3.74. The molecule has 1 fully saturated rings. The summed E-state index contributed by atoms with van der Waals surface area (Å²) < 4.78 is 0. The Labute approximate surface area is 123 Å². The number of hydrogen-bond acceptors (Lipinski definition) is 4. The second-order valence-corrected chi connectivity index (χ2v) is 5.23. The van der Waals surface area contributed by atoms with Crippen molar-refractivity contribution in [2.75, 3.05) is 25.0 Å². The third kappa shape index (κ3) is 3.62. The highest BCUT2D eigenvalue weighted by atomic mass is 35.5. The molecule has 0 bridgehead atoms. The van der Waals surface area contributed by atoms with Gasteiger partial charge in [0.1, 0.15) is 5.02 Å². The Kier molecular flexibility index (Phi) is 4.83. The minimum atomic E-state index is -0.469. The number of nitro groups is 1. The van der Waals surface area contributed by atoms with Crippen LogP contribution in [0.5, 0.6) is 0 Å². The van der Waals surface area contributed by atoms with E-state index < -0.39 is 4.92 Å². The monoisotopic (exact) mass is 293 g/mol. The summed E-state index contributed by atoms with van der Waals surface area (Å²) in [5.41, 5.74) is 0.665. The number of nitrogens with one attached hydrogen (secondary N) is 1. The van der Waals surface area contributed by atoms with Gasteiger partial charge in [-0.25, -0.2) is 0 Å². The zero-order chi connectivity index (χ0) is 14.5. The quantitative estimate of drug-likeness (QED) is 0.527. The minimum absolute atomic E-state index is 0.0681. The fourth-order valence-corrected chi connectivity index (χ4v) is 2.53. The van der Waals surface area contributed by atoms with Gasteiger partial charge in [-0.15, -0.1) is 6.42 Å². The molecule has 0 amide bonds. The molecule has 1 aromatic carbocycles. The number of benzene rings is 1. The maximum absolute atomic E-state index is 10.8. The summed E-state index contributed by atoms with van der Waals surface area (Å²) in [5, 5.41) is 14.3. The summed E-state index contributed by atoms with van der Waals surface area (Å²) in [6.45, 7) is 2.56. The highest BCUT2D eigenvalue weighted by Crippen LogP contribution is 2.28. The van der Waals surface area contributed by atoms with Gasteiger partial charge in [0, 0.05) is 30.9 Å². The number of nitrogens with zero attached hydrogens (tertiary/aromatic N) is 2. The second-order valence-electron chi connectivity index (χ2n) is 4.82. The first kappa shape index (κ1) is 14.6. The first-order valence-electron chi connectivity index (χ1n) is 6.46. The van der Waals surface area contributed by atoms with Crippen molar-refractivity contribution in [2.24, 2.45) is 0 Å². The Morgan fingerprint density at radius 1 is 1.50 bits per heavy atom. The van der Waals surface area contributed by atoms with E-state index in [-0.39, 0.29) is 10.7 Å². The second kappa shape index (κ2) is 6.60. The van der Waals surface area contributed by atoms with Crippen molar-refractivity contribution in [3.05, 3.63) is 33.3 Å². The third-order valence-electron chi connectivity index (χ3n) is 3.42. The fraction of sp³-hybridized carbons (Fsp3) is 0.429. The lowest BCUT2D eigenvalue weighted by Gasteiger charge is -2.31. The lowest BCUT2D eigenvalue weighted by Crippen LogP contribution is -2.39. The summed E-state index contributed by atoms with van der Waals surface area (Å²) >= 11 is 5.79. The maximum atomic E-state index is 10.8. The molecule has 0 spiro atoms. The van der Waals surface area contributed by atoms with Crippen LogP contribution in [0.1, 0.15) is 12.8 Å². The summed E-state index contributed by atoms with van der Waals surface area (Å²) in [6, 6.07) is 5.11. The van der Waals surface area contributed by atoms with Crippen LogP contribution in [0.3, 0.4) is 0 Å². The summed E-state index contributed by atoms with van der Waals surface area (Å²) in [6.07, 6.45) is 7.23. The van der Waals surface area contributed by atoms with Crippen molar-refractivity contribution in [1.29, 1.82) is 0 Å².